The van der Waals surface area contributed by atoms with Crippen molar-refractivity contribution < 1.29 is 9.53 Å². The first-order valence-corrected chi connectivity index (χ1v) is 4.35. The van der Waals surface area contributed by atoms with Gasteiger partial charge in [-0.25, -0.2) is 0 Å². The molecule has 0 radical (unpaired) electrons. The van der Waals surface area contributed by atoms with Gasteiger partial charge in [-0.3, -0.25) is 4.79 Å². The fourth-order valence-electron chi connectivity index (χ4n) is 1.43. The largest absolute Gasteiger partial charge is 0.462 e. The Labute approximate surface area is 72.3 Å². The van der Waals surface area contributed by atoms with Gasteiger partial charge in [0.15, 0.2) is 0 Å². The molecule has 66 valence electrons. The van der Waals surface area contributed by atoms with E-state index >= 15 is 0 Å². The predicted molar refractivity (Wildman–Crippen MR) is 43.1 cm³/mol. The standard InChI is InChI=1S/C9H13NO2/c1-2-9(11)12-8-4-3-7(5-8)6-10/h7-8H,2-5H2,1H3. The second-order valence-electron chi connectivity index (χ2n) is 3.10. The van der Waals surface area contributed by atoms with Gasteiger partial charge in [-0.1, -0.05) is 6.92 Å². The predicted octanol–water partition coefficient (Wildman–Crippen LogP) is 1.63. The molecule has 1 aliphatic carbocycles. The fourth-order valence-corrected chi connectivity index (χ4v) is 1.43. The molecule has 0 saturated heterocycles. The Bertz CT molecular complexity index is 207. The number of nitrogens with zero attached hydrogens (tertiary/aromatic N) is 1. The molecule has 12 heavy (non-hydrogen) atoms. The maximum Gasteiger partial charge on any atom is 0.305 e. The Hall–Kier alpha value is -1.04. The van der Waals surface area contributed by atoms with Crippen molar-refractivity contribution in [2.45, 2.75) is 38.7 Å². The van der Waals surface area contributed by atoms with Crippen LogP contribution in [0.5, 0.6) is 0 Å². The Morgan fingerprint density at radius 1 is 1.67 bits per heavy atom. The summed E-state index contributed by atoms with van der Waals surface area (Å²) in [6.07, 6.45) is 2.88. The zero-order chi connectivity index (χ0) is 8.97. The highest BCUT2D eigenvalue weighted by Crippen LogP contribution is 2.27. The van der Waals surface area contributed by atoms with E-state index in [0.717, 1.165) is 19.3 Å². The molecule has 0 bridgehead atoms. The Morgan fingerprint density at radius 2 is 2.42 bits per heavy atom. The molecule has 2 atom stereocenters. The van der Waals surface area contributed by atoms with Crippen molar-refractivity contribution in [1.29, 1.82) is 5.26 Å². The second kappa shape index (κ2) is 4.10. The highest BCUT2D eigenvalue weighted by Gasteiger charge is 2.26. The molecule has 0 spiro atoms. The summed E-state index contributed by atoms with van der Waals surface area (Å²) in [6.45, 7) is 1.78. The summed E-state index contributed by atoms with van der Waals surface area (Å²) in [4.78, 5) is 10.9. The third-order valence-electron chi connectivity index (χ3n) is 2.15. The third-order valence-corrected chi connectivity index (χ3v) is 2.15. The molecule has 0 aromatic rings. The SMILES string of the molecule is CCC(=O)OC1CCC(C#N)C1. The number of ether oxygens (including phenoxy) is 1. The first-order chi connectivity index (χ1) is 5.76. The van der Waals surface area contributed by atoms with E-state index in [1.807, 2.05) is 0 Å². The average molecular weight is 167 g/mol. The molecule has 3 heteroatoms. The van der Waals surface area contributed by atoms with Gasteiger partial charge in [0.25, 0.3) is 0 Å². The van der Waals surface area contributed by atoms with Crippen molar-refractivity contribution in [1.82, 2.24) is 0 Å². The van der Waals surface area contributed by atoms with Crippen molar-refractivity contribution in [3.8, 4) is 6.07 Å². The van der Waals surface area contributed by atoms with Crippen molar-refractivity contribution in [3.05, 3.63) is 0 Å². The highest BCUT2D eigenvalue weighted by atomic mass is 16.5. The summed E-state index contributed by atoms with van der Waals surface area (Å²) in [5, 5.41) is 8.58. The molecule has 0 N–H and O–H groups in total. The van der Waals surface area contributed by atoms with Crippen LogP contribution >= 0.6 is 0 Å². The number of nitriles is 1. The van der Waals surface area contributed by atoms with Crippen LogP contribution in [0.4, 0.5) is 0 Å². The van der Waals surface area contributed by atoms with Gasteiger partial charge in [-0.2, -0.15) is 5.26 Å². The van der Waals surface area contributed by atoms with Gasteiger partial charge in [0.2, 0.25) is 0 Å². The zero-order valence-corrected chi connectivity index (χ0v) is 7.25. The fraction of sp³-hybridized carbons (Fsp3) is 0.778. The summed E-state index contributed by atoms with van der Waals surface area (Å²) in [5.74, 6) is -0.0572. The van der Waals surface area contributed by atoms with Gasteiger partial charge in [-0.05, 0) is 12.8 Å². The maximum absolute atomic E-state index is 10.9. The molecule has 0 aromatic carbocycles. The summed E-state index contributed by atoms with van der Waals surface area (Å²) in [6, 6.07) is 2.19. The maximum atomic E-state index is 10.9. The van der Waals surface area contributed by atoms with Gasteiger partial charge in [0.05, 0.1) is 6.07 Å². The topological polar surface area (TPSA) is 50.1 Å². The van der Waals surface area contributed by atoms with Gasteiger partial charge in [0, 0.05) is 18.8 Å². The summed E-state index contributed by atoms with van der Waals surface area (Å²) in [7, 11) is 0. The normalized spacial score (nSPS) is 28.0. The Kier molecular flexibility index (Phi) is 3.09. The monoisotopic (exact) mass is 167 g/mol. The molecule has 1 aliphatic rings. The van der Waals surface area contributed by atoms with E-state index < -0.39 is 0 Å². The molecule has 2 unspecified atom stereocenters. The van der Waals surface area contributed by atoms with E-state index in [2.05, 4.69) is 6.07 Å². The number of carbonyl (C=O) groups is 1. The second-order valence-corrected chi connectivity index (χ2v) is 3.10. The summed E-state index contributed by atoms with van der Waals surface area (Å²) in [5.41, 5.74) is 0. The molecule has 3 nitrogen and oxygen atoms in total. The lowest BCUT2D eigenvalue weighted by molar-refractivity contribution is -0.148. The number of esters is 1. The smallest absolute Gasteiger partial charge is 0.305 e. The number of rotatable bonds is 2. The van der Waals surface area contributed by atoms with Crippen LogP contribution in [0.2, 0.25) is 0 Å². The molecular formula is C9H13NO2. The van der Waals surface area contributed by atoms with E-state index in [4.69, 9.17) is 10.00 Å². The van der Waals surface area contributed by atoms with Crippen LogP contribution in [0.1, 0.15) is 32.6 Å². The summed E-state index contributed by atoms with van der Waals surface area (Å²) < 4.78 is 5.10. The lowest BCUT2D eigenvalue weighted by atomic mass is 10.1. The van der Waals surface area contributed by atoms with Gasteiger partial charge >= 0.3 is 5.97 Å². The van der Waals surface area contributed by atoms with Crippen molar-refractivity contribution in [2.75, 3.05) is 0 Å². The van der Waals surface area contributed by atoms with Crippen LogP contribution in [0.3, 0.4) is 0 Å². The third kappa shape index (κ3) is 2.23. The van der Waals surface area contributed by atoms with Crippen molar-refractivity contribution >= 4 is 5.97 Å². The van der Waals surface area contributed by atoms with Crippen molar-refractivity contribution in [2.24, 2.45) is 5.92 Å². The molecule has 0 amide bonds. The molecule has 0 aliphatic heterocycles. The summed E-state index contributed by atoms with van der Waals surface area (Å²) >= 11 is 0. The molecule has 1 rings (SSSR count). The van der Waals surface area contributed by atoms with Gasteiger partial charge in [-0.15, -0.1) is 0 Å². The Balaban J connectivity index is 2.29. The van der Waals surface area contributed by atoms with Gasteiger partial charge in [0.1, 0.15) is 6.10 Å². The molecule has 1 fully saturated rings. The van der Waals surface area contributed by atoms with Crippen LogP contribution in [-0.4, -0.2) is 12.1 Å². The van der Waals surface area contributed by atoms with Crippen LogP contribution in [0.25, 0.3) is 0 Å². The minimum absolute atomic E-state index is 0.00194. The first kappa shape index (κ1) is 9.05. The average Bonchev–Trinajstić information content (AvgIpc) is 2.52. The van der Waals surface area contributed by atoms with Crippen LogP contribution in [0.15, 0.2) is 0 Å². The number of carbonyl (C=O) groups excluding carboxylic acids is 1. The minimum Gasteiger partial charge on any atom is -0.462 e. The molecule has 0 heterocycles. The van der Waals surface area contributed by atoms with E-state index in [-0.39, 0.29) is 18.0 Å². The number of hydrogen-bond acceptors (Lipinski definition) is 3. The minimum atomic E-state index is -0.154. The quantitative estimate of drug-likeness (QED) is 0.587. The number of hydrogen-bond donors (Lipinski definition) is 0. The van der Waals surface area contributed by atoms with E-state index in [1.54, 1.807) is 6.92 Å². The van der Waals surface area contributed by atoms with Gasteiger partial charge < -0.3 is 4.74 Å². The molecule has 0 aromatic heterocycles. The van der Waals surface area contributed by atoms with E-state index in [0.29, 0.717) is 6.42 Å². The zero-order valence-electron chi connectivity index (χ0n) is 7.25. The Morgan fingerprint density at radius 3 is 2.92 bits per heavy atom. The first-order valence-electron chi connectivity index (χ1n) is 4.35. The highest BCUT2D eigenvalue weighted by molar-refractivity contribution is 5.69. The lowest BCUT2D eigenvalue weighted by Gasteiger charge is -2.09. The van der Waals surface area contributed by atoms with Crippen molar-refractivity contribution in [3.63, 3.8) is 0 Å². The van der Waals surface area contributed by atoms with E-state index in [1.165, 1.54) is 0 Å². The lowest BCUT2D eigenvalue weighted by Crippen LogP contribution is -2.13. The van der Waals surface area contributed by atoms with E-state index in [9.17, 15) is 4.79 Å². The van der Waals surface area contributed by atoms with Crippen LogP contribution in [0, 0.1) is 17.2 Å². The molecule has 1 saturated carbocycles. The molecular weight excluding hydrogens is 154 g/mol. The van der Waals surface area contributed by atoms with Crippen LogP contribution in [-0.2, 0) is 9.53 Å². The van der Waals surface area contributed by atoms with Crippen LogP contribution < -0.4 is 0 Å².